The SMILES string of the molecule is O=C(COc1ccccc1F)N1CCN(c2ccc(C(F)(F)F)cn2)CC1. The zero-order valence-corrected chi connectivity index (χ0v) is 14.2. The molecule has 1 aromatic carbocycles. The van der Waals surface area contributed by atoms with Gasteiger partial charge in [-0.25, -0.2) is 9.37 Å². The van der Waals surface area contributed by atoms with Gasteiger partial charge in [-0.2, -0.15) is 13.2 Å². The second-order valence-electron chi connectivity index (χ2n) is 5.99. The number of alkyl halides is 3. The molecule has 5 nitrogen and oxygen atoms in total. The fraction of sp³-hybridized carbons (Fsp3) is 0.333. The van der Waals surface area contributed by atoms with Gasteiger partial charge in [0, 0.05) is 32.4 Å². The molecule has 2 heterocycles. The van der Waals surface area contributed by atoms with Crippen LogP contribution in [0.1, 0.15) is 5.56 Å². The Kier molecular flexibility index (Phi) is 5.48. The van der Waals surface area contributed by atoms with E-state index in [1.807, 2.05) is 4.90 Å². The minimum absolute atomic E-state index is 0.0124. The molecule has 1 saturated heterocycles. The Hall–Kier alpha value is -2.84. The van der Waals surface area contributed by atoms with Crippen molar-refractivity contribution in [2.45, 2.75) is 6.18 Å². The average molecular weight is 383 g/mol. The number of halogens is 4. The molecule has 1 aliphatic rings. The second kappa shape index (κ2) is 7.81. The molecule has 0 aliphatic carbocycles. The van der Waals surface area contributed by atoms with Crippen molar-refractivity contribution in [2.75, 3.05) is 37.7 Å². The van der Waals surface area contributed by atoms with Gasteiger partial charge in [-0.15, -0.1) is 0 Å². The predicted octanol–water partition coefficient (Wildman–Crippen LogP) is 2.97. The van der Waals surface area contributed by atoms with Crippen molar-refractivity contribution in [3.8, 4) is 5.75 Å². The van der Waals surface area contributed by atoms with Gasteiger partial charge in [-0.3, -0.25) is 4.79 Å². The van der Waals surface area contributed by atoms with Gasteiger partial charge in [0.15, 0.2) is 18.2 Å². The molecule has 1 amide bonds. The molecule has 0 N–H and O–H groups in total. The van der Waals surface area contributed by atoms with Crippen molar-refractivity contribution in [1.82, 2.24) is 9.88 Å². The molecule has 3 rings (SSSR count). The normalized spacial score (nSPS) is 15.0. The van der Waals surface area contributed by atoms with Gasteiger partial charge >= 0.3 is 6.18 Å². The van der Waals surface area contributed by atoms with Gasteiger partial charge < -0.3 is 14.5 Å². The first-order chi connectivity index (χ1) is 12.8. The lowest BCUT2D eigenvalue weighted by atomic mass is 10.2. The first-order valence-electron chi connectivity index (χ1n) is 8.28. The third kappa shape index (κ3) is 4.66. The predicted molar refractivity (Wildman–Crippen MR) is 89.9 cm³/mol. The number of aromatic nitrogens is 1. The molecule has 9 heteroatoms. The van der Waals surface area contributed by atoms with Gasteiger partial charge in [0.1, 0.15) is 5.82 Å². The maximum absolute atomic E-state index is 13.5. The van der Waals surface area contributed by atoms with E-state index in [1.54, 1.807) is 11.0 Å². The lowest BCUT2D eigenvalue weighted by Crippen LogP contribution is -2.50. The van der Waals surface area contributed by atoms with E-state index in [4.69, 9.17) is 4.74 Å². The number of hydrogen-bond acceptors (Lipinski definition) is 4. The zero-order valence-electron chi connectivity index (χ0n) is 14.2. The zero-order chi connectivity index (χ0) is 19.4. The summed E-state index contributed by atoms with van der Waals surface area (Å²) in [6, 6.07) is 8.13. The first-order valence-corrected chi connectivity index (χ1v) is 8.28. The summed E-state index contributed by atoms with van der Waals surface area (Å²) in [6.45, 7) is 1.34. The molecule has 0 bridgehead atoms. The number of amides is 1. The van der Waals surface area contributed by atoms with Gasteiger partial charge in [-0.1, -0.05) is 12.1 Å². The number of carbonyl (C=O) groups excluding carboxylic acids is 1. The number of ether oxygens (including phenoxy) is 1. The Labute approximate surface area is 153 Å². The maximum atomic E-state index is 13.5. The number of hydrogen-bond donors (Lipinski definition) is 0. The maximum Gasteiger partial charge on any atom is 0.417 e. The van der Waals surface area contributed by atoms with Crippen molar-refractivity contribution in [3.63, 3.8) is 0 Å². The van der Waals surface area contributed by atoms with Crippen LogP contribution in [0, 0.1) is 5.82 Å². The van der Waals surface area contributed by atoms with Gasteiger partial charge in [-0.05, 0) is 24.3 Å². The van der Waals surface area contributed by atoms with E-state index >= 15 is 0 Å². The van der Waals surface area contributed by atoms with Crippen molar-refractivity contribution < 1.29 is 27.1 Å². The highest BCUT2D eigenvalue weighted by molar-refractivity contribution is 5.78. The molecule has 0 saturated carbocycles. The van der Waals surface area contributed by atoms with Crippen LogP contribution in [0.2, 0.25) is 0 Å². The lowest BCUT2D eigenvalue weighted by Gasteiger charge is -2.35. The van der Waals surface area contributed by atoms with E-state index in [0.717, 1.165) is 12.3 Å². The minimum atomic E-state index is -4.42. The highest BCUT2D eigenvalue weighted by Gasteiger charge is 2.31. The Morgan fingerprint density at radius 1 is 1.07 bits per heavy atom. The van der Waals surface area contributed by atoms with Crippen LogP contribution in [0.3, 0.4) is 0 Å². The molecule has 1 aromatic heterocycles. The van der Waals surface area contributed by atoms with E-state index in [2.05, 4.69) is 4.98 Å². The molecule has 27 heavy (non-hydrogen) atoms. The number of piperazine rings is 1. The Morgan fingerprint density at radius 3 is 2.37 bits per heavy atom. The van der Waals surface area contributed by atoms with Crippen LogP contribution in [0.4, 0.5) is 23.4 Å². The quantitative estimate of drug-likeness (QED) is 0.762. The van der Waals surface area contributed by atoms with Crippen molar-refractivity contribution in [3.05, 3.63) is 54.0 Å². The summed E-state index contributed by atoms with van der Waals surface area (Å²) < 4.78 is 56.5. The second-order valence-corrected chi connectivity index (χ2v) is 5.99. The number of carbonyl (C=O) groups is 1. The minimum Gasteiger partial charge on any atom is -0.481 e. The lowest BCUT2D eigenvalue weighted by molar-refractivity contribution is -0.138. The van der Waals surface area contributed by atoms with Crippen LogP contribution >= 0.6 is 0 Å². The van der Waals surface area contributed by atoms with Crippen LogP contribution in [-0.4, -0.2) is 48.6 Å². The average Bonchev–Trinajstić information content (AvgIpc) is 2.67. The Bertz CT molecular complexity index is 788. The van der Waals surface area contributed by atoms with Crippen LogP contribution in [-0.2, 0) is 11.0 Å². The molecule has 2 aromatic rings. The molecule has 1 fully saturated rings. The number of para-hydroxylation sites is 1. The molecule has 0 unspecified atom stereocenters. The summed E-state index contributed by atoms with van der Waals surface area (Å²) in [4.78, 5) is 19.4. The van der Waals surface area contributed by atoms with Crippen molar-refractivity contribution in [2.24, 2.45) is 0 Å². The molecule has 0 radical (unpaired) electrons. The topological polar surface area (TPSA) is 45.7 Å². The van der Waals surface area contributed by atoms with Crippen LogP contribution in [0.5, 0.6) is 5.75 Å². The highest BCUT2D eigenvalue weighted by Crippen LogP contribution is 2.29. The van der Waals surface area contributed by atoms with E-state index in [0.29, 0.717) is 32.0 Å². The summed E-state index contributed by atoms with van der Waals surface area (Å²) in [5.74, 6) is -0.377. The van der Waals surface area contributed by atoms with Crippen LogP contribution < -0.4 is 9.64 Å². The summed E-state index contributed by atoms with van der Waals surface area (Å²) >= 11 is 0. The number of nitrogens with zero attached hydrogens (tertiary/aromatic N) is 3. The molecule has 0 spiro atoms. The molecule has 144 valence electrons. The third-order valence-corrected chi connectivity index (χ3v) is 4.22. The first kappa shape index (κ1) is 18.9. The molecular formula is C18H17F4N3O2. The third-order valence-electron chi connectivity index (χ3n) is 4.22. The molecular weight excluding hydrogens is 366 g/mol. The van der Waals surface area contributed by atoms with E-state index in [-0.39, 0.29) is 18.3 Å². The standard InChI is InChI=1S/C18H17F4N3O2/c19-14-3-1-2-4-15(14)27-12-17(26)25-9-7-24(8-10-25)16-6-5-13(11-23-16)18(20,21)22/h1-6,11H,7-10,12H2. The summed E-state index contributed by atoms with van der Waals surface area (Å²) in [7, 11) is 0. The van der Waals surface area contributed by atoms with Crippen molar-refractivity contribution >= 4 is 11.7 Å². The van der Waals surface area contributed by atoms with Crippen molar-refractivity contribution in [1.29, 1.82) is 0 Å². The van der Waals surface area contributed by atoms with E-state index < -0.39 is 17.6 Å². The molecule has 1 aliphatic heterocycles. The fourth-order valence-electron chi connectivity index (χ4n) is 2.72. The summed E-state index contributed by atoms with van der Waals surface area (Å²) in [6.07, 6.45) is -3.62. The number of rotatable bonds is 4. The smallest absolute Gasteiger partial charge is 0.417 e. The van der Waals surface area contributed by atoms with Gasteiger partial charge in [0.25, 0.3) is 5.91 Å². The fourth-order valence-corrected chi connectivity index (χ4v) is 2.72. The Morgan fingerprint density at radius 2 is 1.78 bits per heavy atom. The van der Waals surface area contributed by atoms with Gasteiger partial charge in [0.2, 0.25) is 0 Å². The summed E-state index contributed by atoms with van der Waals surface area (Å²) in [5.41, 5.74) is -0.801. The van der Waals surface area contributed by atoms with Crippen LogP contribution in [0.25, 0.3) is 0 Å². The number of anilines is 1. The van der Waals surface area contributed by atoms with Gasteiger partial charge in [0.05, 0.1) is 5.56 Å². The van der Waals surface area contributed by atoms with E-state index in [9.17, 15) is 22.4 Å². The summed E-state index contributed by atoms with van der Waals surface area (Å²) in [5, 5.41) is 0. The largest absolute Gasteiger partial charge is 0.481 e. The molecule has 0 atom stereocenters. The van der Waals surface area contributed by atoms with Crippen LogP contribution in [0.15, 0.2) is 42.6 Å². The Balaban J connectivity index is 1.51. The number of pyridine rings is 1. The highest BCUT2D eigenvalue weighted by atomic mass is 19.4. The monoisotopic (exact) mass is 383 g/mol. The number of benzene rings is 1. The van der Waals surface area contributed by atoms with E-state index in [1.165, 1.54) is 24.3 Å².